The van der Waals surface area contributed by atoms with Crippen molar-refractivity contribution in [2.24, 2.45) is 0 Å². The highest BCUT2D eigenvalue weighted by Crippen LogP contribution is 2.16. The van der Waals surface area contributed by atoms with E-state index in [-0.39, 0.29) is 11.6 Å². The molecule has 3 rings (SSSR count). The standard InChI is InChI=1S/C19H23N3O/c23-18-11-12-19(15-20-18,21-13-16-7-3-1-4-8-16)22-14-17-9-5-2-6-10-17/h1-10,21-22H,11-15H2,(H,20,23). The lowest BCUT2D eigenvalue weighted by Gasteiger charge is -2.39. The van der Waals surface area contributed by atoms with Crippen LogP contribution >= 0.6 is 0 Å². The largest absolute Gasteiger partial charge is 0.353 e. The molecule has 0 radical (unpaired) electrons. The van der Waals surface area contributed by atoms with Gasteiger partial charge in [0.1, 0.15) is 0 Å². The molecule has 4 heteroatoms. The molecule has 3 N–H and O–H groups in total. The van der Waals surface area contributed by atoms with Gasteiger partial charge >= 0.3 is 0 Å². The Labute approximate surface area is 137 Å². The molecule has 0 saturated carbocycles. The van der Waals surface area contributed by atoms with Crippen molar-refractivity contribution in [3.63, 3.8) is 0 Å². The Kier molecular flexibility index (Phi) is 5.05. The lowest BCUT2D eigenvalue weighted by molar-refractivity contribution is -0.123. The highest BCUT2D eigenvalue weighted by atomic mass is 16.1. The van der Waals surface area contributed by atoms with Crippen LogP contribution in [-0.2, 0) is 17.9 Å². The van der Waals surface area contributed by atoms with E-state index in [1.54, 1.807) is 0 Å². The number of nitrogens with one attached hydrogen (secondary N) is 3. The molecule has 1 heterocycles. The maximum absolute atomic E-state index is 11.5. The van der Waals surface area contributed by atoms with Crippen LogP contribution in [-0.4, -0.2) is 18.1 Å². The van der Waals surface area contributed by atoms with E-state index >= 15 is 0 Å². The Morgan fingerprint density at radius 1 is 0.870 bits per heavy atom. The minimum Gasteiger partial charge on any atom is -0.353 e. The molecule has 0 aliphatic carbocycles. The van der Waals surface area contributed by atoms with Gasteiger partial charge in [-0.3, -0.25) is 15.4 Å². The van der Waals surface area contributed by atoms with Gasteiger partial charge in [0.25, 0.3) is 0 Å². The molecule has 120 valence electrons. The second-order valence-electron chi connectivity index (χ2n) is 6.04. The average molecular weight is 309 g/mol. The Morgan fingerprint density at radius 2 is 1.39 bits per heavy atom. The quantitative estimate of drug-likeness (QED) is 0.717. The summed E-state index contributed by atoms with van der Waals surface area (Å²) in [6.45, 7) is 2.16. The van der Waals surface area contributed by atoms with E-state index in [1.807, 2.05) is 36.4 Å². The first-order valence-corrected chi connectivity index (χ1v) is 8.10. The molecule has 1 aliphatic rings. The van der Waals surface area contributed by atoms with Crippen molar-refractivity contribution in [3.8, 4) is 0 Å². The maximum atomic E-state index is 11.5. The van der Waals surface area contributed by atoms with E-state index in [2.05, 4.69) is 40.2 Å². The summed E-state index contributed by atoms with van der Waals surface area (Å²) < 4.78 is 0. The van der Waals surface area contributed by atoms with E-state index in [0.717, 1.165) is 19.5 Å². The van der Waals surface area contributed by atoms with Crippen molar-refractivity contribution >= 4 is 5.91 Å². The van der Waals surface area contributed by atoms with Gasteiger partial charge in [-0.25, -0.2) is 0 Å². The number of hydrogen-bond acceptors (Lipinski definition) is 3. The number of rotatable bonds is 6. The Morgan fingerprint density at radius 3 is 1.83 bits per heavy atom. The van der Waals surface area contributed by atoms with E-state index in [4.69, 9.17) is 0 Å². The topological polar surface area (TPSA) is 53.2 Å². The van der Waals surface area contributed by atoms with Gasteiger partial charge in [0.2, 0.25) is 5.91 Å². The molecule has 4 nitrogen and oxygen atoms in total. The smallest absolute Gasteiger partial charge is 0.220 e. The SMILES string of the molecule is O=C1CCC(NCc2ccccc2)(NCc2ccccc2)CN1. The second kappa shape index (κ2) is 7.40. The van der Waals surface area contributed by atoms with E-state index in [9.17, 15) is 4.79 Å². The van der Waals surface area contributed by atoms with Gasteiger partial charge in [0, 0.05) is 26.1 Å². The fourth-order valence-corrected chi connectivity index (χ4v) is 2.85. The van der Waals surface area contributed by atoms with Crippen molar-refractivity contribution in [1.82, 2.24) is 16.0 Å². The number of piperidine rings is 1. The summed E-state index contributed by atoms with van der Waals surface area (Å²) in [7, 11) is 0. The van der Waals surface area contributed by atoms with Crippen LogP contribution in [0.3, 0.4) is 0 Å². The molecule has 1 aliphatic heterocycles. The van der Waals surface area contributed by atoms with Gasteiger partial charge in [-0.15, -0.1) is 0 Å². The molecule has 0 aromatic heterocycles. The zero-order valence-electron chi connectivity index (χ0n) is 13.2. The molecular weight excluding hydrogens is 286 g/mol. The van der Waals surface area contributed by atoms with Gasteiger partial charge in [0.15, 0.2) is 0 Å². The highest BCUT2D eigenvalue weighted by molar-refractivity contribution is 5.77. The maximum Gasteiger partial charge on any atom is 0.220 e. The Hall–Kier alpha value is -2.17. The zero-order chi connectivity index (χ0) is 16.0. The van der Waals surface area contributed by atoms with Gasteiger partial charge in [0.05, 0.1) is 5.66 Å². The Bertz CT molecular complexity index is 572. The summed E-state index contributed by atoms with van der Waals surface area (Å²) in [6, 6.07) is 20.7. The summed E-state index contributed by atoms with van der Waals surface area (Å²) in [5.41, 5.74) is 2.22. The molecule has 0 spiro atoms. The minimum absolute atomic E-state index is 0.128. The predicted molar refractivity (Wildman–Crippen MR) is 91.5 cm³/mol. The number of hydrogen-bond donors (Lipinski definition) is 3. The van der Waals surface area contributed by atoms with Crippen molar-refractivity contribution in [1.29, 1.82) is 0 Å². The third kappa shape index (κ3) is 4.41. The molecule has 23 heavy (non-hydrogen) atoms. The van der Waals surface area contributed by atoms with Crippen LogP contribution in [0.25, 0.3) is 0 Å². The molecule has 1 fully saturated rings. The van der Waals surface area contributed by atoms with Gasteiger partial charge in [-0.05, 0) is 17.5 Å². The van der Waals surface area contributed by atoms with Gasteiger partial charge < -0.3 is 5.32 Å². The molecule has 0 unspecified atom stereocenters. The summed E-state index contributed by atoms with van der Waals surface area (Å²) in [4.78, 5) is 11.5. The highest BCUT2D eigenvalue weighted by Gasteiger charge is 2.33. The van der Waals surface area contributed by atoms with Crippen molar-refractivity contribution in [3.05, 3.63) is 71.8 Å². The zero-order valence-corrected chi connectivity index (χ0v) is 13.2. The fourth-order valence-electron chi connectivity index (χ4n) is 2.85. The summed E-state index contributed by atoms with van der Waals surface area (Å²) in [6.07, 6.45) is 1.34. The lowest BCUT2D eigenvalue weighted by atomic mass is 9.98. The first-order valence-electron chi connectivity index (χ1n) is 8.10. The van der Waals surface area contributed by atoms with Crippen molar-refractivity contribution in [2.75, 3.05) is 6.54 Å². The normalized spacial score (nSPS) is 16.8. The Balaban J connectivity index is 1.65. The van der Waals surface area contributed by atoms with E-state index in [0.29, 0.717) is 13.0 Å². The molecule has 1 amide bonds. The number of amides is 1. The molecule has 2 aromatic carbocycles. The van der Waals surface area contributed by atoms with Crippen LogP contribution in [0, 0.1) is 0 Å². The molecule has 2 aromatic rings. The van der Waals surface area contributed by atoms with Crippen molar-refractivity contribution < 1.29 is 4.79 Å². The van der Waals surface area contributed by atoms with Gasteiger partial charge in [-0.1, -0.05) is 60.7 Å². The van der Waals surface area contributed by atoms with Gasteiger partial charge in [-0.2, -0.15) is 0 Å². The summed E-state index contributed by atoms with van der Waals surface area (Å²) >= 11 is 0. The minimum atomic E-state index is -0.264. The van der Waals surface area contributed by atoms with E-state index in [1.165, 1.54) is 11.1 Å². The number of carbonyl (C=O) groups is 1. The van der Waals surface area contributed by atoms with E-state index < -0.39 is 0 Å². The number of benzene rings is 2. The molecule has 0 atom stereocenters. The van der Waals surface area contributed by atoms with Crippen molar-refractivity contribution in [2.45, 2.75) is 31.6 Å². The number of carbonyl (C=O) groups excluding carboxylic acids is 1. The van der Waals surface area contributed by atoms with Crippen LogP contribution < -0.4 is 16.0 Å². The average Bonchev–Trinajstić information content (AvgIpc) is 2.62. The first kappa shape index (κ1) is 15.7. The lowest BCUT2D eigenvalue weighted by Crippen LogP contribution is -2.65. The van der Waals surface area contributed by atoms with Crippen LogP contribution in [0.1, 0.15) is 24.0 Å². The first-order chi connectivity index (χ1) is 11.3. The van der Waals surface area contributed by atoms with Crippen LogP contribution in [0.5, 0.6) is 0 Å². The predicted octanol–water partition coefficient (Wildman–Crippen LogP) is 2.17. The molecule has 0 bridgehead atoms. The third-order valence-electron chi connectivity index (χ3n) is 4.31. The summed E-state index contributed by atoms with van der Waals surface area (Å²) in [5.74, 6) is 0.128. The van der Waals surface area contributed by atoms with Crippen LogP contribution in [0.4, 0.5) is 0 Å². The second-order valence-corrected chi connectivity index (χ2v) is 6.04. The fraction of sp³-hybridized carbons (Fsp3) is 0.316. The van der Waals surface area contributed by atoms with Crippen LogP contribution in [0.15, 0.2) is 60.7 Å². The monoisotopic (exact) mass is 309 g/mol. The summed E-state index contributed by atoms with van der Waals surface area (Å²) in [5, 5.41) is 10.2. The third-order valence-corrected chi connectivity index (χ3v) is 4.31. The molecular formula is C19H23N3O. The molecule has 1 saturated heterocycles. The van der Waals surface area contributed by atoms with Crippen LogP contribution in [0.2, 0.25) is 0 Å².